The molecule has 0 saturated carbocycles. The minimum Gasteiger partial charge on any atom is -0.460 e. The quantitative estimate of drug-likeness (QED) is 0.759. The maximum atomic E-state index is 12.1. The van der Waals surface area contributed by atoms with E-state index in [9.17, 15) is 4.79 Å². The number of carbonyl (C=O) groups excluding carboxylic acids is 1. The van der Waals surface area contributed by atoms with Crippen LogP contribution >= 0.6 is 12.4 Å². The van der Waals surface area contributed by atoms with E-state index in [0.29, 0.717) is 18.9 Å². The lowest BCUT2D eigenvalue weighted by Crippen LogP contribution is -2.23. The molecule has 0 atom stereocenters. The number of halogens is 1. The van der Waals surface area contributed by atoms with Gasteiger partial charge in [-0.2, -0.15) is 0 Å². The second kappa shape index (κ2) is 8.05. The predicted octanol–water partition coefficient (Wildman–Crippen LogP) is 3.87. The first-order valence-electron chi connectivity index (χ1n) is 7.11. The minimum atomic E-state index is -0.383. The molecule has 0 aliphatic rings. The lowest BCUT2D eigenvalue weighted by Gasteiger charge is -2.17. The molecule has 0 amide bonds. The number of carbonyl (C=O) groups is 1. The van der Waals surface area contributed by atoms with Gasteiger partial charge in [-0.25, -0.2) is 4.79 Å². The molecule has 2 aromatic rings. The number of furan rings is 1. The molecule has 21 heavy (non-hydrogen) atoms. The molecule has 1 heterocycles. The van der Waals surface area contributed by atoms with Gasteiger partial charge >= 0.3 is 5.97 Å². The Labute approximate surface area is 131 Å². The summed E-state index contributed by atoms with van der Waals surface area (Å²) in [7, 11) is 0. The summed E-state index contributed by atoms with van der Waals surface area (Å²) >= 11 is 0. The first kappa shape index (κ1) is 17.5. The Morgan fingerprint density at radius 1 is 1.19 bits per heavy atom. The number of para-hydroxylation sites is 1. The zero-order chi connectivity index (χ0) is 14.5. The standard InChI is InChI=1S/C16H21NO3.ClH/c1-4-17(5-2)11-13-12-9-7-8-10-14(12)20-15(13)16(18)19-6-3;/h7-10H,4-6,11H2,1-3H3;1H. The average molecular weight is 312 g/mol. The molecule has 0 bridgehead atoms. The third kappa shape index (κ3) is 3.77. The minimum absolute atomic E-state index is 0. The number of fused-ring (bicyclic) bond motifs is 1. The van der Waals surface area contributed by atoms with Crippen LogP contribution in [0.15, 0.2) is 28.7 Å². The van der Waals surface area contributed by atoms with Gasteiger partial charge in [0.15, 0.2) is 0 Å². The van der Waals surface area contributed by atoms with E-state index in [1.807, 2.05) is 24.3 Å². The maximum absolute atomic E-state index is 12.1. The summed E-state index contributed by atoms with van der Waals surface area (Å²) in [5.74, 6) is -0.0502. The number of nitrogens with zero attached hydrogens (tertiary/aromatic N) is 1. The normalized spacial score (nSPS) is 10.7. The Kier molecular flexibility index (Phi) is 6.72. The van der Waals surface area contributed by atoms with E-state index >= 15 is 0 Å². The van der Waals surface area contributed by atoms with Gasteiger partial charge in [0.25, 0.3) is 0 Å². The number of ether oxygens (including phenoxy) is 1. The van der Waals surface area contributed by atoms with Crippen molar-refractivity contribution >= 4 is 29.3 Å². The van der Waals surface area contributed by atoms with Crippen molar-refractivity contribution in [3.05, 3.63) is 35.6 Å². The molecule has 5 heteroatoms. The molecule has 1 aromatic heterocycles. The van der Waals surface area contributed by atoms with Gasteiger partial charge in [0.05, 0.1) is 6.61 Å². The smallest absolute Gasteiger partial charge is 0.374 e. The summed E-state index contributed by atoms with van der Waals surface area (Å²) in [6.45, 7) is 8.91. The highest BCUT2D eigenvalue weighted by atomic mass is 35.5. The molecule has 1 aromatic carbocycles. The van der Waals surface area contributed by atoms with Crippen LogP contribution in [0, 0.1) is 0 Å². The van der Waals surface area contributed by atoms with E-state index < -0.39 is 0 Å². The topological polar surface area (TPSA) is 42.7 Å². The second-order valence-electron chi connectivity index (χ2n) is 4.59. The monoisotopic (exact) mass is 311 g/mol. The Bertz CT molecular complexity index is 590. The van der Waals surface area contributed by atoms with Crippen molar-refractivity contribution in [3.63, 3.8) is 0 Å². The summed E-state index contributed by atoms with van der Waals surface area (Å²) in [6, 6.07) is 7.73. The van der Waals surface area contributed by atoms with E-state index in [-0.39, 0.29) is 18.4 Å². The molecule has 0 unspecified atom stereocenters. The van der Waals surface area contributed by atoms with Crippen LogP contribution in [0.3, 0.4) is 0 Å². The highest BCUT2D eigenvalue weighted by Gasteiger charge is 2.22. The molecule has 0 radical (unpaired) electrons. The Hall–Kier alpha value is -1.52. The first-order chi connectivity index (χ1) is 9.71. The van der Waals surface area contributed by atoms with Crippen molar-refractivity contribution in [1.82, 2.24) is 4.90 Å². The van der Waals surface area contributed by atoms with Crippen LogP contribution in [0.4, 0.5) is 0 Å². The van der Waals surface area contributed by atoms with Crippen LogP contribution in [0.5, 0.6) is 0 Å². The van der Waals surface area contributed by atoms with Crippen LogP contribution in [0.25, 0.3) is 11.0 Å². The number of esters is 1. The summed E-state index contributed by atoms with van der Waals surface area (Å²) in [5, 5.41) is 0.988. The van der Waals surface area contributed by atoms with Gasteiger partial charge in [-0.15, -0.1) is 12.4 Å². The van der Waals surface area contributed by atoms with E-state index in [0.717, 1.165) is 29.6 Å². The third-order valence-electron chi connectivity index (χ3n) is 3.44. The van der Waals surface area contributed by atoms with Crippen molar-refractivity contribution in [2.75, 3.05) is 19.7 Å². The fourth-order valence-electron chi connectivity index (χ4n) is 2.29. The van der Waals surface area contributed by atoms with Crippen LogP contribution in [-0.4, -0.2) is 30.6 Å². The van der Waals surface area contributed by atoms with Crippen molar-refractivity contribution in [2.45, 2.75) is 27.3 Å². The Morgan fingerprint density at radius 3 is 2.48 bits per heavy atom. The lowest BCUT2D eigenvalue weighted by molar-refractivity contribution is 0.0489. The molecule has 2 rings (SSSR count). The highest BCUT2D eigenvalue weighted by molar-refractivity contribution is 5.96. The fourth-order valence-corrected chi connectivity index (χ4v) is 2.29. The van der Waals surface area contributed by atoms with Crippen LogP contribution in [0.2, 0.25) is 0 Å². The van der Waals surface area contributed by atoms with Gasteiger partial charge < -0.3 is 9.15 Å². The first-order valence-corrected chi connectivity index (χ1v) is 7.11. The second-order valence-corrected chi connectivity index (χ2v) is 4.59. The van der Waals surface area contributed by atoms with Crippen LogP contribution < -0.4 is 0 Å². The summed E-state index contributed by atoms with van der Waals surface area (Å²) in [4.78, 5) is 14.3. The lowest BCUT2D eigenvalue weighted by atomic mass is 10.1. The van der Waals surface area contributed by atoms with Gasteiger partial charge in [0.1, 0.15) is 5.58 Å². The molecule has 0 aliphatic heterocycles. The molecular formula is C16H22ClNO3. The summed E-state index contributed by atoms with van der Waals surface area (Å²) in [5.41, 5.74) is 1.65. The molecule has 116 valence electrons. The summed E-state index contributed by atoms with van der Waals surface area (Å²) in [6.07, 6.45) is 0. The maximum Gasteiger partial charge on any atom is 0.374 e. The molecule has 0 aliphatic carbocycles. The Morgan fingerprint density at radius 2 is 1.86 bits per heavy atom. The highest BCUT2D eigenvalue weighted by Crippen LogP contribution is 2.27. The number of hydrogen-bond donors (Lipinski definition) is 0. The van der Waals surface area contributed by atoms with E-state index in [4.69, 9.17) is 9.15 Å². The molecular weight excluding hydrogens is 290 g/mol. The molecule has 0 N–H and O–H groups in total. The van der Waals surface area contributed by atoms with Crippen LogP contribution in [-0.2, 0) is 11.3 Å². The summed E-state index contributed by atoms with van der Waals surface area (Å²) < 4.78 is 10.8. The molecule has 0 fully saturated rings. The third-order valence-corrected chi connectivity index (χ3v) is 3.44. The fraction of sp³-hybridized carbons (Fsp3) is 0.438. The predicted molar refractivity (Wildman–Crippen MR) is 86.0 cm³/mol. The van der Waals surface area contributed by atoms with Crippen molar-refractivity contribution in [3.8, 4) is 0 Å². The average Bonchev–Trinajstić information content (AvgIpc) is 2.83. The van der Waals surface area contributed by atoms with E-state index in [1.54, 1.807) is 6.92 Å². The zero-order valence-electron chi connectivity index (χ0n) is 12.7. The van der Waals surface area contributed by atoms with Gasteiger partial charge in [-0.1, -0.05) is 32.0 Å². The van der Waals surface area contributed by atoms with Crippen molar-refractivity contribution < 1.29 is 13.9 Å². The molecule has 0 spiro atoms. The number of rotatable bonds is 6. The van der Waals surface area contributed by atoms with Gasteiger partial charge in [-0.05, 0) is 26.1 Å². The van der Waals surface area contributed by atoms with Crippen LogP contribution in [0.1, 0.15) is 36.9 Å². The number of benzene rings is 1. The van der Waals surface area contributed by atoms with Crippen molar-refractivity contribution in [1.29, 1.82) is 0 Å². The SMILES string of the molecule is CCOC(=O)c1oc2ccccc2c1CN(CC)CC.Cl. The molecule has 0 saturated heterocycles. The van der Waals surface area contributed by atoms with Gasteiger partial charge in [0, 0.05) is 17.5 Å². The molecule has 4 nitrogen and oxygen atoms in total. The van der Waals surface area contributed by atoms with E-state index in [2.05, 4.69) is 18.7 Å². The Balaban J connectivity index is 0.00000220. The van der Waals surface area contributed by atoms with E-state index in [1.165, 1.54) is 0 Å². The van der Waals surface area contributed by atoms with Crippen molar-refractivity contribution in [2.24, 2.45) is 0 Å². The largest absolute Gasteiger partial charge is 0.460 e. The number of hydrogen-bond acceptors (Lipinski definition) is 4. The zero-order valence-corrected chi connectivity index (χ0v) is 13.5. The van der Waals surface area contributed by atoms with Gasteiger partial charge in [0.2, 0.25) is 5.76 Å². The van der Waals surface area contributed by atoms with Gasteiger partial charge in [-0.3, -0.25) is 4.90 Å².